The first-order valence-electron chi connectivity index (χ1n) is 5.23. The first-order chi connectivity index (χ1) is 8.65. The molecule has 0 bridgehead atoms. The zero-order valence-corrected chi connectivity index (χ0v) is 9.66. The Labute approximate surface area is 103 Å². The summed E-state index contributed by atoms with van der Waals surface area (Å²) < 4.78 is 6.31. The van der Waals surface area contributed by atoms with Crippen molar-refractivity contribution in [3.63, 3.8) is 0 Å². The average Bonchev–Trinajstić information content (AvgIpc) is 2.84. The van der Waals surface area contributed by atoms with Crippen LogP contribution in [0.3, 0.4) is 0 Å². The number of carbonyl (C=O) groups excluding carboxylic acids is 2. The summed E-state index contributed by atoms with van der Waals surface area (Å²) in [6.07, 6.45) is 3.79. The SMILES string of the molecule is CC(=O)Nc1ccc(OC(=O)n2ccnc2)cc1. The zero-order valence-electron chi connectivity index (χ0n) is 9.66. The van der Waals surface area contributed by atoms with E-state index in [9.17, 15) is 9.59 Å². The van der Waals surface area contributed by atoms with Gasteiger partial charge < -0.3 is 10.1 Å². The smallest absolute Gasteiger partial charge is 0.410 e. The number of nitrogens with zero attached hydrogens (tertiary/aromatic N) is 2. The summed E-state index contributed by atoms with van der Waals surface area (Å²) in [5.74, 6) is 0.237. The van der Waals surface area contributed by atoms with E-state index in [1.165, 1.54) is 30.2 Å². The molecule has 0 fully saturated rings. The van der Waals surface area contributed by atoms with E-state index in [0.29, 0.717) is 11.4 Å². The fourth-order valence-electron chi connectivity index (χ4n) is 1.33. The zero-order chi connectivity index (χ0) is 13.0. The van der Waals surface area contributed by atoms with Crippen LogP contribution in [0, 0.1) is 0 Å². The van der Waals surface area contributed by atoms with Crippen molar-refractivity contribution in [1.82, 2.24) is 9.55 Å². The van der Waals surface area contributed by atoms with Gasteiger partial charge in [-0.25, -0.2) is 14.3 Å². The van der Waals surface area contributed by atoms with Crippen LogP contribution >= 0.6 is 0 Å². The lowest BCUT2D eigenvalue weighted by Gasteiger charge is -2.05. The summed E-state index contributed by atoms with van der Waals surface area (Å²) in [7, 11) is 0. The Morgan fingerprint density at radius 3 is 2.56 bits per heavy atom. The van der Waals surface area contributed by atoms with Crippen molar-refractivity contribution in [2.75, 3.05) is 5.32 Å². The Kier molecular flexibility index (Phi) is 3.38. The van der Waals surface area contributed by atoms with Gasteiger partial charge in [0.05, 0.1) is 0 Å². The van der Waals surface area contributed by atoms with Crippen LogP contribution in [0.15, 0.2) is 43.0 Å². The maximum absolute atomic E-state index is 11.6. The van der Waals surface area contributed by atoms with Gasteiger partial charge in [0.15, 0.2) is 0 Å². The van der Waals surface area contributed by atoms with E-state index in [1.54, 1.807) is 24.3 Å². The number of amides is 1. The van der Waals surface area contributed by atoms with Gasteiger partial charge in [-0.3, -0.25) is 4.79 Å². The molecule has 1 aromatic heterocycles. The molecule has 0 aliphatic carbocycles. The van der Waals surface area contributed by atoms with E-state index < -0.39 is 6.09 Å². The second-order valence-electron chi connectivity index (χ2n) is 3.54. The van der Waals surface area contributed by atoms with Crippen LogP contribution in [0.1, 0.15) is 6.92 Å². The van der Waals surface area contributed by atoms with Gasteiger partial charge in [0.2, 0.25) is 5.91 Å². The van der Waals surface area contributed by atoms with Crippen LogP contribution in [-0.4, -0.2) is 21.6 Å². The van der Waals surface area contributed by atoms with Crippen molar-refractivity contribution in [1.29, 1.82) is 0 Å². The third-order valence-electron chi connectivity index (χ3n) is 2.10. The summed E-state index contributed by atoms with van der Waals surface area (Å²) in [6, 6.07) is 6.50. The Hall–Kier alpha value is -2.63. The number of imidazole rings is 1. The van der Waals surface area contributed by atoms with Crippen molar-refractivity contribution >= 4 is 17.7 Å². The van der Waals surface area contributed by atoms with Gasteiger partial charge >= 0.3 is 6.09 Å². The minimum Gasteiger partial charge on any atom is -0.410 e. The summed E-state index contributed by atoms with van der Waals surface area (Å²) in [5, 5.41) is 2.62. The van der Waals surface area contributed by atoms with E-state index in [2.05, 4.69) is 10.3 Å². The highest BCUT2D eigenvalue weighted by Crippen LogP contribution is 2.16. The molecular weight excluding hydrogens is 234 g/mol. The molecule has 1 amide bonds. The largest absolute Gasteiger partial charge is 0.424 e. The maximum atomic E-state index is 11.6. The van der Waals surface area contributed by atoms with E-state index in [1.807, 2.05) is 0 Å². The summed E-state index contributed by atoms with van der Waals surface area (Å²) in [6.45, 7) is 1.42. The normalized spacial score (nSPS) is 9.83. The van der Waals surface area contributed by atoms with Crippen LogP contribution in [0.5, 0.6) is 5.75 Å². The standard InChI is InChI=1S/C12H11N3O3/c1-9(16)14-10-2-4-11(5-3-10)18-12(17)15-7-6-13-8-15/h2-8H,1H3,(H,14,16). The molecule has 18 heavy (non-hydrogen) atoms. The van der Waals surface area contributed by atoms with Gasteiger partial charge in [-0.2, -0.15) is 0 Å². The molecule has 6 heteroatoms. The van der Waals surface area contributed by atoms with Gasteiger partial charge in [-0.1, -0.05) is 0 Å². The van der Waals surface area contributed by atoms with Gasteiger partial charge in [-0.05, 0) is 24.3 Å². The highest BCUT2D eigenvalue weighted by molar-refractivity contribution is 5.88. The monoisotopic (exact) mass is 245 g/mol. The summed E-state index contributed by atoms with van der Waals surface area (Å²) in [5.41, 5.74) is 0.643. The number of rotatable bonds is 2. The van der Waals surface area contributed by atoms with E-state index in [-0.39, 0.29) is 5.91 Å². The number of anilines is 1. The second-order valence-corrected chi connectivity index (χ2v) is 3.54. The highest BCUT2D eigenvalue weighted by atomic mass is 16.6. The molecule has 2 aromatic rings. The first-order valence-corrected chi connectivity index (χ1v) is 5.23. The Bertz CT molecular complexity index is 546. The number of hydrogen-bond donors (Lipinski definition) is 1. The lowest BCUT2D eigenvalue weighted by atomic mass is 10.3. The van der Waals surface area contributed by atoms with Crippen LogP contribution in [0.25, 0.3) is 0 Å². The van der Waals surface area contributed by atoms with Crippen LogP contribution < -0.4 is 10.1 Å². The van der Waals surface area contributed by atoms with E-state index >= 15 is 0 Å². The van der Waals surface area contributed by atoms with Gasteiger partial charge in [-0.15, -0.1) is 0 Å². The summed E-state index contributed by atoms with van der Waals surface area (Å²) >= 11 is 0. The van der Waals surface area contributed by atoms with Crippen molar-refractivity contribution in [3.05, 3.63) is 43.0 Å². The Morgan fingerprint density at radius 1 is 1.28 bits per heavy atom. The number of nitrogens with one attached hydrogen (secondary N) is 1. The Balaban J connectivity index is 2.02. The lowest BCUT2D eigenvalue weighted by molar-refractivity contribution is -0.114. The van der Waals surface area contributed by atoms with E-state index in [4.69, 9.17) is 4.74 Å². The number of carbonyl (C=O) groups is 2. The molecule has 1 aromatic carbocycles. The Morgan fingerprint density at radius 2 is 2.00 bits per heavy atom. The quantitative estimate of drug-likeness (QED) is 0.876. The molecule has 0 aliphatic heterocycles. The maximum Gasteiger partial charge on any atom is 0.424 e. The molecule has 0 saturated heterocycles. The summed E-state index contributed by atoms with van der Waals surface area (Å²) in [4.78, 5) is 26.1. The minimum atomic E-state index is -0.542. The molecular formula is C12H11N3O3. The number of benzene rings is 1. The van der Waals surface area contributed by atoms with Gasteiger partial charge in [0.25, 0.3) is 0 Å². The topological polar surface area (TPSA) is 73.2 Å². The lowest BCUT2D eigenvalue weighted by Crippen LogP contribution is -2.14. The molecule has 0 radical (unpaired) electrons. The fourth-order valence-corrected chi connectivity index (χ4v) is 1.33. The molecule has 6 nitrogen and oxygen atoms in total. The molecule has 0 unspecified atom stereocenters. The van der Waals surface area contributed by atoms with Gasteiger partial charge in [0, 0.05) is 25.0 Å². The number of aromatic nitrogens is 2. The predicted molar refractivity (Wildman–Crippen MR) is 64.4 cm³/mol. The van der Waals surface area contributed by atoms with Gasteiger partial charge in [0.1, 0.15) is 12.1 Å². The molecule has 0 aliphatic rings. The molecule has 0 saturated carbocycles. The van der Waals surface area contributed by atoms with Crippen LogP contribution in [0.2, 0.25) is 0 Å². The number of hydrogen-bond acceptors (Lipinski definition) is 4. The molecule has 0 spiro atoms. The average molecular weight is 245 g/mol. The molecule has 1 heterocycles. The first kappa shape index (κ1) is 11.8. The predicted octanol–water partition coefficient (Wildman–Crippen LogP) is 1.89. The van der Waals surface area contributed by atoms with Crippen LogP contribution in [0.4, 0.5) is 10.5 Å². The van der Waals surface area contributed by atoms with Crippen LogP contribution in [-0.2, 0) is 4.79 Å². The van der Waals surface area contributed by atoms with Crippen molar-refractivity contribution in [2.24, 2.45) is 0 Å². The molecule has 1 N–H and O–H groups in total. The molecule has 92 valence electrons. The fraction of sp³-hybridized carbons (Fsp3) is 0.0833. The minimum absolute atomic E-state index is 0.154. The third kappa shape index (κ3) is 2.94. The molecule has 2 rings (SSSR count). The highest BCUT2D eigenvalue weighted by Gasteiger charge is 2.06. The van der Waals surface area contributed by atoms with Crippen molar-refractivity contribution < 1.29 is 14.3 Å². The van der Waals surface area contributed by atoms with Crippen molar-refractivity contribution in [2.45, 2.75) is 6.92 Å². The van der Waals surface area contributed by atoms with Crippen molar-refractivity contribution in [3.8, 4) is 5.75 Å². The number of ether oxygens (including phenoxy) is 1. The molecule has 0 atom stereocenters. The second kappa shape index (κ2) is 5.13. The van der Waals surface area contributed by atoms with E-state index in [0.717, 1.165) is 0 Å². The third-order valence-corrected chi connectivity index (χ3v) is 2.10.